The molecule has 1 aromatic carbocycles. The molecule has 3 heterocycles. The van der Waals surface area contributed by atoms with Crippen molar-refractivity contribution in [2.24, 2.45) is 10.7 Å². The summed E-state index contributed by atoms with van der Waals surface area (Å²) >= 11 is 0. The van der Waals surface area contributed by atoms with E-state index in [1.165, 1.54) is 6.42 Å². The van der Waals surface area contributed by atoms with Gasteiger partial charge in [-0.2, -0.15) is 0 Å². The fourth-order valence-electron chi connectivity index (χ4n) is 4.23. The first-order valence-corrected chi connectivity index (χ1v) is 11.3. The number of aliphatic imine (C=N–C) groups is 1. The second-order valence-electron chi connectivity index (χ2n) is 8.25. The highest BCUT2D eigenvalue weighted by Gasteiger charge is 2.40. The molecule has 4 rings (SSSR count). The second kappa shape index (κ2) is 10.4. The Kier molecular flexibility index (Phi) is 7.11. The van der Waals surface area contributed by atoms with E-state index in [-0.39, 0.29) is 12.3 Å². The molecule has 10 nitrogen and oxygen atoms in total. The Hall–Kier alpha value is -3.56. The number of amides is 2. The molecule has 1 fully saturated rings. The van der Waals surface area contributed by atoms with Crippen LogP contribution in [0.2, 0.25) is 0 Å². The van der Waals surface area contributed by atoms with E-state index in [4.69, 9.17) is 15.2 Å². The molecule has 0 bridgehead atoms. The number of rotatable bonds is 12. The van der Waals surface area contributed by atoms with Gasteiger partial charge < -0.3 is 24.7 Å². The van der Waals surface area contributed by atoms with E-state index in [2.05, 4.69) is 19.9 Å². The quantitative estimate of drug-likeness (QED) is 0.473. The Balaban J connectivity index is 1.30. The molecule has 0 saturated carbocycles. The number of nitrogens with zero attached hydrogens (tertiary/aromatic N) is 4. The lowest BCUT2D eigenvalue weighted by molar-refractivity contribution is -0.126. The van der Waals surface area contributed by atoms with E-state index in [1.807, 2.05) is 24.7 Å². The fourth-order valence-corrected chi connectivity index (χ4v) is 4.23. The van der Waals surface area contributed by atoms with Crippen LogP contribution in [0.25, 0.3) is 0 Å². The number of carbonyl (C=O) groups is 2. The molecule has 0 spiro atoms. The van der Waals surface area contributed by atoms with Crippen molar-refractivity contribution in [3.63, 3.8) is 0 Å². The van der Waals surface area contributed by atoms with Crippen molar-refractivity contribution in [3.8, 4) is 11.5 Å². The van der Waals surface area contributed by atoms with Crippen molar-refractivity contribution in [2.45, 2.75) is 57.7 Å². The molecule has 2 amide bonds. The van der Waals surface area contributed by atoms with Gasteiger partial charge in [-0.05, 0) is 25.0 Å². The zero-order valence-corrected chi connectivity index (χ0v) is 18.8. The van der Waals surface area contributed by atoms with E-state index < -0.39 is 11.9 Å². The van der Waals surface area contributed by atoms with Gasteiger partial charge in [0.1, 0.15) is 6.04 Å². The van der Waals surface area contributed by atoms with Crippen molar-refractivity contribution in [2.75, 3.05) is 13.7 Å². The van der Waals surface area contributed by atoms with Crippen LogP contribution in [0.5, 0.6) is 11.5 Å². The highest BCUT2D eigenvalue weighted by Crippen LogP contribution is 2.41. The molecule has 1 unspecified atom stereocenters. The standard InChI is InChI=1S/C23H30N6O4/c1-32-21-16-14-29-18(13-20(24)30)22(31)27-23(29)26-17(16)7-8-19(21)33-12-6-4-2-3-5-10-28-11-9-25-15-28/h7-9,11,15,18H,2-6,10,12-14H2,1H3,(H2,24,30)(H,26,27,31). The first-order valence-electron chi connectivity index (χ1n) is 11.3. The van der Waals surface area contributed by atoms with Crippen molar-refractivity contribution < 1.29 is 19.1 Å². The number of guanidine groups is 1. The zero-order valence-electron chi connectivity index (χ0n) is 18.8. The first kappa shape index (κ1) is 22.6. The van der Waals surface area contributed by atoms with Gasteiger partial charge in [-0.15, -0.1) is 0 Å². The summed E-state index contributed by atoms with van der Waals surface area (Å²) in [6.07, 6.45) is 11.1. The summed E-state index contributed by atoms with van der Waals surface area (Å²) in [7, 11) is 1.59. The number of nitrogens with one attached hydrogen (secondary N) is 1. The molecular weight excluding hydrogens is 424 g/mol. The largest absolute Gasteiger partial charge is 0.492 e. The second-order valence-corrected chi connectivity index (χ2v) is 8.25. The van der Waals surface area contributed by atoms with Crippen LogP contribution in [0, 0.1) is 0 Å². The average molecular weight is 455 g/mol. The van der Waals surface area contributed by atoms with Crippen LogP contribution in [0.4, 0.5) is 5.69 Å². The molecule has 2 aliphatic heterocycles. The third kappa shape index (κ3) is 5.27. The molecule has 176 valence electrons. The Morgan fingerprint density at radius 2 is 2.06 bits per heavy atom. The lowest BCUT2D eigenvalue weighted by Crippen LogP contribution is -2.39. The minimum Gasteiger partial charge on any atom is -0.492 e. The summed E-state index contributed by atoms with van der Waals surface area (Å²) in [4.78, 5) is 34.0. The number of ether oxygens (including phenoxy) is 2. The van der Waals surface area contributed by atoms with Gasteiger partial charge in [-0.3, -0.25) is 14.9 Å². The van der Waals surface area contributed by atoms with Crippen LogP contribution in [0.3, 0.4) is 0 Å². The van der Waals surface area contributed by atoms with Crippen molar-refractivity contribution >= 4 is 23.5 Å². The number of primary amides is 1. The summed E-state index contributed by atoms with van der Waals surface area (Å²) in [5.41, 5.74) is 6.86. The van der Waals surface area contributed by atoms with Crippen LogP contribution in [0.1, 0.15) is 44.1 Å². The summed E-state index contributed by atoms with van der Waals surface area (Å²) in [5.74, 6) is 0.879. The van der Waals surface area contributed by atoms with Crippen LogP contribution < -0.4 is 20.5 Å². The number of carbonyl (C=O) groups excluding carboxylic acids is 2. The minimum absolute atomic E-state index is 0.0684. The number of hydrogen-bond acceptors (Lipinski definition) is 7. The number of hydrogen-bond donors (Lipinski definition) is 2. The summed E-state index contributed by atoms with van der Waals surface area (Å²) in [6.45, 7) is 1.98. The molecule has 1 atom stereocenters. The van der Waals surface area contributed by atoms with Gasteiger partial charge in [0.05, 0.1) is 38.7 Å². The SMILES string of the molecule is COc1c(OCCCCCCCn2ccnc2)ccc2c1CN1C(=N2)NC(=O)C1CC(N)=O. The van der Waals surface area contributed by atoms with E-state index >= 15 is 0 Å². The highest BCUT2D eigenvalue weighted by atomic mass is 16.5. The van der Waals surface area contributed by atoms with Crippen LogP contribution in [0.15, 0.2) is 35.8 Å². The van der Waals surface area contributed by atoms with E-state index in [0.29, 0.717) is 36.3 Å². The smallest absolute Gasteiger partial charge is 0.250 e. The number of benzene rings is 1. The predicted octanol–water partition coefficient (Wildman–Crippen LogP) is 2.10. The van der Waals surface area contributed by atoms with Crippen molar-refractivity contribution in [3.05, 3.63) is 36.4 Å². The molecular formula is C23H30N6O4. The van der Waals surface area contributed by atoms with Gasteiger partial charge in [0.25, 0.3) is 0 Å². The number of methoxy groups -OCH3 is 1. The van der Waals surface area contributed by atoms with Gasteiger partial charge in [-0.1, -0.05) is 19.3 Å². The Morgan fingerprint density at radius 3 is 2.82 bits per heavy atom. The Labute approximate surface area is 192 Å². The number of nitrogens with two attached hydrogens (primary N) is 1. The zero-order chi connectivity index (χ0) is 23.2. The number of aryl methyl sites for hydroxylation is 1. The fraction of sp³-hybridized carbons (Fsp3) is 0.478. The maximum Gasteiger partial charge on any atom is 0.250 e. The number of imidazole rings is 1. The van der Waals surface area contributed by atoms with Gasteiger partial charge in [0.2, 0.25) is 17.8 Å². The normalized spacial score (nSPS) is 16.6. The molecule has 3 N–H and O–H groups in total. The maximum atomic E-state index is 12.3. The molecule has 1 aromatic heterocycles. The number of fused-ring (bicyclic) bond motifs is 2. The van der Waals surface area contributed by atoms with Crippen LogP contribution in [-0.4, -0.2) is 52.0 Å². The van der Waals surface area contributed by atoms with E-state index in [9.17, 15) is 9.59 Å². The topological polar surface area (TPSA) is 124 Å². The average Bonchev–Trinajstić information content (AvgIpc) is 3.41. The minimum atomic E-state index is -0.669. The number of unbranched alkanes of at least 4 members (excludes halogenated alkanes) is 4. The highest BCUT2D eigenvalue weighted by molar-refractivity contribution is 6.09. The molecule has 33 heavy (non-hydrogen) atoms. The van der Waals surface area contributed by atoms with Crippen LogP contribution in [-0.2, 0) is 22.7 Å². The van der Waals surface area contributed by atoms with Gasteiger partial charge in [0.15, 0.2) is 11.5 Å². The lowest BCUT2D eigenvalue weighted by atomic mass is 10.1. The Morgan fingerprint density at radius 1 is 1.24 bits per heavy atom. The number of aromatic nitrogens is 2. The summed E-state index contributed by atoms with van der Waals surface area (Å²) in [6, 6.07) is 3.04. The Bertz CT molecular complexity index is 1020. The predicted molar refractivity (Wildman–Crippen MR) is 122 cm³/mol. The summed E-state index contributed by atoms with van der Waals surface area (Å²) < 4.78 is 13.8. The summed E-state index contributed by atoms with van der Waals surface area (Å²) in [5, 5.41) is 2.73. The molecule has 10 heteroatoms. The molecule has 1 saturated heterocycles. The molecule has 0 radical (unpaired) electrons. The van der Waals surface area contributed by atoms with Gasteiger partial charge >= 0.3 is 0 Å². The lowest BCUT2D eigenvalue weighted by Gasteiger charge is -2.29. The van der Waals surface area contributed by atoms with Crippen molar-refractivity contribution in [1.29, 1.82) is 0 Å². The first-order chi connectivity index (χ1) is 16.1. The third-order valence-electron chi connectivity index (χ3n) is 5.92. The molecule has 0 aliphatic carbocycles. The maximum absolute atomic E-state index is 12.3. The van der Waals surface area contributed by atoms with E-state index in [0.717, 1.165) is 37.8 Å². The van der Waals surface area contributed by atoms with Gasteiger partial charge in [-0.25, -0.2) is 9.98 Å². The van der Waals surface area contributed by atoms with Crippen molar-refractivity contribution in [1.82, 2.24) is 19.8 Å². The molecule has 2 aromatic rings. The van der Waals surface area contributed by atoms with E-state index in [1.54, 1.807) is 18.2 Å². The van der Waals surface area contributed by atoms with Gasteiger partial charge in [0, 0.05) is 24.5 Å². The molecule has 2 aliphatic rings. The van der Waals surface area contributed by atoms with Crippen LogP contribution >= 0.6 is 0 Å². The third-order valence-corrected chi connectivity index (χ3v) is 5.92. The monoisotopic (exact) mass is 454 g/mol.